The standard InChI is InChI=1S/C14H13BrN4O2/c1-17-12-11(13(20)18(2)14(17)21)19(8-16-12)7-9-5-3-4-6-10(9)15/h3-6,8H,7H2,1-2H3. The zero-order valence-electron chi connectivity index (χ0n) is 11.6. The minimum atomic E-state index is -0.376. The van der Waals surface area contributed by atoms with E-state index >= 15 is 0 Å². The second kappa shape index (κ2) is 5.00. The molecule has 2 aromatic heterocycles. The predicted molar refractivity (Wildman–Crippen MR) is 83.5 cm³/mol. The van der Waals surface area contributed by atoms with Crippen molar-refractivity contribution >= 4 is 27.1 Å². The van der Waals surface area contributed by atoms with Crippen molar-refractivity contribution in [2.75, 3.05) is 0 Å². The lowest BCUT2D eigenvalue weighted by Crippen LogP contribution is -2.37. The normalized spacial score (nSPS) is 11.2. The highest BCUT2D eigenvalue weighted by Gasteiger charge is 2.14. The van der Waals surface area contributed by atoms with E-state index in [-0.39, 0.29) is 11.2 Å². The molecule has 7 heteroatoms. The Hall–Kier alpha value is -2.15. The van der Waals surface area contributed by atoms with E-state index in [0.29, 0.717) is 17.7 Å². The molecular weight excluding hydrogens is 336 g/mol. The molecule has 0 atom stereocenters. The lowest BCUT2D eigenvalue weighted by atomic mass is 10.2. The van der Waals surface area contributed by atoms with Gasteiger partial charge in [0.15, 0.2) is 11.2 Å². The van der Waals surface area contributed by atoms with Gasteiger partial charge < -0.3 is 4.57 Å². The molecule has 0 N–H and O–H groups in total. The summed E-state index contributed by atoms with van der Waals surface area (Å²) in [4.78, 5) is 28.4. The average Bonchev–Trinajstić information content (AvgIpc) is 2.89. The average molecular weight is 349 g/mol. The van der Waals surface area contributed by atoms with Crippen LogP contribution in [-0.4, -0.2) is 18.7 Å². The van der Waals surface area contributed by atoms with Crippen LogP contribution in [0, 0.1) is 0 Å². The zero-order valence-corrected chi connectivity index (χ0v) is 13.2. The molecule has 1 aromatic carbocycles. The first-order valence-electron chi connectivity index (χ1n) is 6.35. The molecule has 0 saturated carbocycles. The van der Waals surface area contributed by atoms with Crippen LogP contribution in [0.25, 0.3) is 11.2 Å². The monoisotopic (exact) mass is 348 g/mol. The van der Waals surface area contributed by atoms with Crippen LogP contribution in [0.2, 0.25) is 0 Å². The fourth-order valence-corrected chi connectivity index (χ4v) is 2.74. The van der Waals surface area contributed by atoms with Gasteiger partial charge in [-0.15, -0.1) is 0 Å². The van der Waals surface area contributed by atoms with Gasteiger partial charge in [-0.2, -0.15) is 0 Å². The molecule has 0 fully saturated rings. The molecule has 0 saturated heterocycles. The fourth-order valence-electron chi connectivity index (χ4n) is 2.33. The van der Waals surface area contributed by atoms with Gasteiger partial charge in [0.2, 0.25) is 0 Å². The van der Waals surface area contributed by atoms with Crippen molar-refractivity contribution in [1.29, 1.82) is 0 Å². The van der Waals surface area contributed by atoms with Gasteiger partial charge in [0, 0.05) is 18.6 Å². The van der Waals surface area contributed by atoms with Crippen LogP contribution in [0.5, 0.6) is 0 Å². The predicted octanol–water partition coefficient (Wildman–Crippen LogP) is 1.24. The molecule has 0 aliphatic heterocycles. The summed E-state index contributed by atoms with van der Waals surface area (Å²) < 4.78 is 5.21. The van der Waals surface area contributed by atoms with Crippen molar-refractivity contribution in [2.24, 2.45) is 14.1 Å². The molecule has 6 nitrogen and oxygen atoms in total. The number of aryl methyl sites for hydroxylation is 1. The van der Waals surface area contributed by atoms with Gasteiger partial charge in [-0.05, 0) is 11.6 Å². The van der Waals surface area contributed by atoms with Crippen molar-refractivity contribution < 1.29 is 0 Å². The fraction of sp³-hybridized carbons (Fsp3) is 0.214. The molecule has 0 spiro atoms. The van der Waals surface area contributed by atoms with Gasteiger partial charge in [-0.3, -0.25) is 13.9 Å². The molecule has 0 unspecified atom stereocenters. The van der Waals surface area contributed by atoms with E-state index in [2.05, 4.69) is 20.9 Å². The minimum absolute atomic E-state index is 0.336. The number of nitrogens with zero attached hydrogens (tertiary/aromatic N) is 4. The van der Waals surface area contributed by atoms with Crippen LogP contribution in [0.4, 0.5) is 0 Å². The number of halogens is 1. The van der Waals surface area contributed by atoms with Crippen molar-refractivity contribution in [3.63, 3.8) is 0 Å². The molecule has 0 amide bonds. The summed E-state index contributed by atoms with van der Waals surface area (Å²) in [6.07, 6.45) is 1.59. The Morgan fingerprint density at radius 2 is 1.86 bits per heavy atom. The van der Waals surface area contributed by atoms with Crippen LogP contribution >= 0.6 is 15.9 Å². The smallest absolute Gasteiger partial charge is 0.320 e. The summed E-state index contributed by atoms with van der Waals surface area (Å²) in [6.45, 7) is 0.505. The number of fused-ring (bicyclic) bond motifs is 1. The van der Waals surface area contributed by atoms with E-state index in [1.807, 2.05) is 24.3 Å². The number of aromatic nitrogens is 4. The largest absolute Gasteiger partial charge is 0.332 e. The molecule has 2 heterocycles. The topological polar surface area (TPSA) is 61.8 Å². The molecule has 0 aliphatic rings. The van der Waals surface area contributed by atoms with Gasteiger partial charge in [0.25, 0.3) is 5.56 Å². The van der Waals surface area contributed by atoms with E-state index in [1.165, 1.54) is 11.6 Å². The molecule has 3 rings (SSSR count). The number of imidazole rings is 1. The second-order valence-corrected chi connectivity index (χ2v) is 5.70. The zero-order chi connectivity index (χ0) is 15.1. The molecule has 108 valence electrons. The Bertz CT molecular complexity index is 952. The van der Waals surface area contributed by atoms with E-state index in [9.17, 15) is 9.59 Å². The van der Waals surface area contributed by atoms with Crippen molar-refractivity contribution in [3.05, 3.63) is 61.5 Å². The van der Waals surface area contributed by atoms with Crippen LogP contribution < -0.4 is 11.2 Å². The summed E-state index contributed by atoms with van der Waals surface area (Å²) in [6, 6.07) is 7.79. The summed E-state index contributed by atoms with van der Waals surface area (Å²) in [5, 5.41) is 0. The number of benzene rings is 1. The third-order valence-electron chi connectivity index (χ3n) is 3.52. The Labute approximate surface area is 128 Å². The summed E-state index contributed by atoms with van der Waals surface area (Å²) >= 11 is 3.49. The Kier molecular flexibility index (Phi) is 3.29. The first-order chi connectivity index (χ1) is 10.0. The highest BCUT2D eigenvalue weighted by Crippen LogP contribution is 2.18. The minimum Gasteiger partial charge on any atom is -0.320 e. The maximum atomic E-state index is 12.3. The van der Waals surface area contributed by atoms with Crippen LogP contribution in [0.1, 0.15) is 5.56 Å². The lowest BCUT2D eigenvalue weighted by Gasteiger charge is -2.08. The molecule has 0 bridgehead atoms. The number of rotatable bonds is 2. The van der Waals surface area contributed by atoms with Crippen LogP contribution in [0.3, 0.4) is 0 Å². The van der Waals surface area contributed by atoms with Gasteiger partial charge in [-0.25, -0.2) is 9.78 Å². The maximum Gasteiger partial charge on any atom is 0.332 e. The van der Waals surface area contributed by atoms with Crippen LogP contribution in [-0.2, 0) is 20.6 Å². The van der Waals surface area contributed by atoms with Crippen molar-refractivity contribution in [3.8, 4) is 0 Å². The second-order valence-electron chi connectivity index (χ2n) is 4.84. The first-order valence-corrected chi connectivity index (χ1v) is 7.14. The summed E-state index contributed by atoms with van der Waals surface area (Å²) in [5.41, 5.74) is 1.15. The van der Waals surface area contributed by atoms with Gasteiger partial charge >= 0.3 is 5.69 Å². The first kappa shape index (κ1) is 13.8. The molecule has 3 aromatic rings. The number of hydrogen-bond acceptors (Lipinski definition) is 3. The lowest BCUT2D eigenvalue weighted by molar-refractivity contribution is 0.702. The van der Waals surface area contributed by atoms with Crippen molar-refractivity contribution in [1.82, 2.24) is 18.7 Å². The van der Waals surface area contributed by atoms with Gasteiger partial charge in [-0.1, -0.05) is 34.1 Å². The summed E-state index contributed by atoms with van der Waals surface area (Å²) in [7, 11) is 3.08. The van der Waals surface area contributed by atoms with Crippen molar-refractivity contribution in [2.45, 2.75) is 6.54 Å². The number of hydrogen-bond donors (Lipinski definition) is 0. The third-order valence-corrected chi connectivity index (χ3v) is 4.29. The van der Waals surface area contributed by atoms with Gasteiger partial charge in [0.05, 0.1) is 12.9 Å². The van der Waals surface area contributed by atoms with Crippen LogP contribution in [0.15, 0.2) is 44.7 Å². The third kappa shape index (κ3) is 2.13. The summed E-state index contributed by atoms with van der Waals surface area (Å²) in [5.74, 6) is 0. The van der Waals surface area contributed by atoms with E-state index < -0.39 is 0 Å². The highest BCUT2D eigenvalue weighted by molar-refractivity contribution is 9.10. The quantitative estimate of drug-likeness (QED) is 0.700. The molecule has 21 heavy (non-hydrogen) atoms. The Morgan fingerprint density at radius 1 is 1.14 bits per heavy atom. The highest BCUT2D eigenvalue weighted by atomic mass is 79.9. The van der Waals surface area contributed by atoms with E-state index in [0.717, 1.165) is 14.6 Å². The van der Waals surface area contributed by atoms with E-state index in [1.54, 1.807) is 17.9 Å². The molecule has 0 aliphatic carbocycles. The molecular formula is C14H13BrN4O2. The Morgan fingerprint density at radius 3 is 2.57 bits per heavy atom. The van der Waals surface area contributed by atoms with E-state index in [4.69, 9.17) is 0 Å². The maximum absolute atomic E-state index is 12.3. The molecule has 0 radical (unpaired) electrons. The van der Waals surface area contributed by atoms with Gasteiger partial charge in [0.1, 0.15) is 0 Å². The SMILES string of the molecule is Cn1c(=O)c2c(ncn2Cc2ccccc2Br)n(C)c1=O. The Balaban J connectivity index is 2.24.